The van der Waals surface area contributed by atoms with Gasteiger partial charge in [-0.1, -0.05) is 23.7 Å². The van der Waals surface area contributed by atoms with Gasteiger partial charge in [0.2, 0.25) is 0 Å². The lowest BCUT2D eigenvalue weighted by molar-refractivity contribution is -0.140. The number of carbonyl (C=O) groups is 2. The predicted molar refractivity (Wildman–Crippen MR) is 99.2 cm³/mol. The average Bonchev–Trinajstić information content (AvgIpc) is 3.11. The van der Waals surface area contributed by atoms with Crippen LogP contribution in [0.3, 0.4) is 0 Å². The van der Waals surface area contributed by atoms with Gasteiger partial charge in [-0.25, -0.2) is 0 Å². The van der Waals surface area contributed by atoms with Crippen molar-refractivity contribution in [2.75, 3.05) is 13.2 Å². The van der Waals surface area contributed by atoms with Gasteiger partial charge in [-0.15, -0.1) is 0 Å². The van der Waals surface area contributed by atoms with Crippen LogP contribution in [0.4, 0.5) is 0 Å². The number of benzene rings is 1. The van der Waals surface area contributed by atoms with Gasteiger partial charge >= 0.3 is 0 Å². The minimum Gasteiger partial charge on any atom is -0.457 e. The van der Waals surface area contributed by atoms with E-state index >= 15 is 0 Å². The van der Waals surface area contributed by atoms with Crippen molar-refractivity contribution >= 4 is 29.5 Å². The van der Waals surface area contributed by atoms with Gasteiger partial charge in [-0.2, -0.15) is 5.26 Å². The fourth-order valence-corrected chi connectivity index (χ4v) is 2.99. The van der Waals surface area contributed by atoms with E-state index in [-0.39, 0.29) is 29.9 Å². The van der Waals surface area contributed by atoms with Crippen LogP contribution in [0.5, 0.6) is 0 Å². The van der Waals surface area contributed by atoms with Gasteiger partial charge in [-0.05, 0) is 42.8 Å². The number of nitrogens with zero attached hydrogens (tertiary/aromatic N) is 2. The molecule has 0 atom stereocenters. The molecule has 1 aliphatic heterocycles. The van der Waals surface area contributed by atoms with E-state index in [0.717, 1.165) is 10.5 Å². The Morgan fingerprint density at radius 3 is 2.70 bits per heavy atom. The fraction of sp³-hybridized carbons (Fsp3) is 0.150. The van der Waals surface area contributed by atoms with E-state index in [9.17, 15) is 14.9 Å². The Kier molecular flexibility index (Phi) is 5.26. The third kappa shape index (κ3) is 3.56. The highest BCUT2D eigenvalue weighted by molar-refractivity contribution is 6.30. The monoisotopic (exact) mass is 382 g/mol. The van der Waals surface area contributed by atoms with Gasteiger partial charge in [0.15, 0.2) is 0 Å². The highest BCUT2D eigenvalue weighted by Gasteiger charge is 2.35. The van der Waals surface area contributed by atoms with Crippen LogP contribution >= 0.6 is 11.6 Å². The molecule has 0 unspecified atom stereocenters. The summed E-state index contributed by atoms with van der Waals surface area (Å²) in [5.41, 5.74) is 1.11. The summed E-state index contributed by atoms with van der Waals surface area (Å²) in [7, 11) is 0. The van der Waals surface area contributed by atoms with Crippen molar-refractivity contribution in [2.45, 2.75) is 6.92 Å². The number of imide groups is 1. The van der Waals surface area contributed by atoms with Crippen LogP contribution in [0.1, 0.15) is 12.7 Å². The molecule has 2 amide bonds. The zero-order valence-corrected chi connectivity index (χ0v) is 15.2. The molecular formula is C20H15ClN2O4. The Balaban J connectivity index is 2.03. The zero-order valence-electron chi connectivity index (χ0n) is 14.4. The highest BCUT2D eigenvalue weighted by atomic mass is 35.5. The molecule has 1 aromatic carbocycles. The summed E-state index contributed by atoms with van der Waals surface area (Å²) in [5.74, 6) is -0.321. The Bertz CT molecular complexity index is 1030. The molecular weight excluding hydrogens is 368 g/mol. The van der Waals surface area contributed by atoms with Gasteiger partial charge in [0.1, 0.15) is 23.2 Å². The van der Waals surface area contributed by atoms with E-state index in [0.29, 0.717) is 16.5 Å². The van der Waals surface area contributed by atoms with Crippen molar-refractivity contribution < 1.29 is 19.1 Å². The molecule has 2 heterocycles. The maximum Gasteiger partial charge on any atom is 0.271 e. The summed E-state index contributed by atoms with van der Waals surface area (Å²) in [6.45, 7) is 0.971. The maximum absolute atomic E-state index is 12.6. The molecule has 1 aromatic heterocycles. The van der Waals surface area contributed by atoms with Crippen molar-refractivity contribution in [2.24, 2.45) is 0 Å². The van der Waals surface area contributed by atoms with Crippen molar-refractivity contribution in [3.8, 4) is 17.4 Å². The molecule has 0 saturated heterocycles. The zero-order chi connectivity index (χ0) is 19.6. The molecule has 0 saturated carbocycles. The number of β-amino-alcohol motifs (C(OH)–C–C–N with tert-alkyl or cyclic N) is 1. The van der Waals surface area contributed by atoms with Gasteiger partial charge < -0.3 is 9.52 Å². The molecule has 0 aliphatic carbocycles. The molecule has 1 N–H and O–H groups in total. The predicted octanol–water partition coefficient (Wildman–Crippen LogP) is 3.18. The summed E-state index contributed by atoms with van der Waals surface area (Å²) in [4.78, 5) is 25.7. The lowest BCUT2D eigenvalue weighted by Gasteiger charge is -2.26. The summed E-state index contributed by atoms with van der Waals surface area (Å²) in [6.07, 6.45) is 1.49. The Morgan fingerprint density at radius 2 is 2.04 bits per heavy atom. The number of amides is 2. The van der Waals surface area contributed by atoms with Gasteiger partial charge in [0.05, 0.1) is 13.2 Å². The number of rotatable bonds is 4. The van der Waals surface area contributed by atoms with Crippen LogP contribution in [0, 0.1) is 11.3 Å². The van der Waals surface area contributed by atoms with Gasteiger partial charge in [0.25, 0.3) is 11.8 Å². The number of hydrogen-bond acceptors (Lipinski definition) is 5. The van der Waals surface area contributed by atoms with E-state index in [1.165, 1.54) is 13.0 Å². The van der Waals surface area contributed by atoms with Crippen LogP contribution in [0.15, 0.2) is 57.5 Å². The third-order valence-electron chi connectivity index (χ3n) is 4.17. The Hall–Kier alpha value is -3.14. The molecule has 136 valence electrons. The van der Waals surface area contributed by atoms with Crippen LogP contribution in [0.25, 0.3) is 17.4 Å². The molecule has 3 rings (SSSR count). The second kappa shape index (κ2) is 7.62. The standard InChI is InChI=1S/C20H15ClN2O4/c1-12-16(19(25)23(7-8-24)20(26)17(12)11-22)10-15-5-6-18(27-15)13-3-2-4-14(21)9-13/h2-6,9-10,24H,7-8H2,1H3/b16-10-. The number of aliphatic hydroxyl groups is 1. The minimum absolute atomic E-state index is 0.129. The van der Waals surface area contributed by atoms with E-state index in [4.69, 9.17) is 21.1 Å². The Morgan fingerprint density at radius 1 is 1.26 bits per heavy atom. The average molecular weight is 383 g/mol. The SMILES string of the molecule is CC1=C(C#N)C(=O)N(CCO)C(=O)/C1=C\c1ccc(-c2cccc(Cl)c2)o1. The lowest BCUT2D eigenvalue weighted by atomic mass is 9.95. The second-order valence-electron chi connectivity index (χ2n) is 5.87. The minimum atomic E-state index is -0.703. The van der Waals surface area contributed by atoms with Crippen LogP contribution in [-0.4, -0.2) is 35.0 Å². The maximum atomic E-state index is 12.6. The van der Waals surface area contributed by atoms with E-state index in [2.05, 4.69) is 0 Å². The number of hydrogen-bond donors (Lipinski definition) is 1. The smallest absolute Gasteiger partial charge is 0.271 e. The first kappa shape index (κ1) is 18.6. The number of furan rings is 1. The summed E-state index contributed by atoms with van der Waals surface area (Å²) >= 11 is 5.99. The van der Waals surface area contributed by atoms with E-state index < -0.39 is 11.8 Å². The van der Waals surface area contributed by atoms with Gasteiger partial charge in [0, 0.05) is 16.2 Å². The van der Waals surface area contributed by atoms with Crippen molar-refractivity contribution in [3.63, 3.8) is 0 Å². The molecule has 0 fully saturated rings. The topological polar surface area (TPSA) is 94.5 Å². The lowest BCUT2D eigenvalue weighted by Crippen LogP contribution is -2.44. The van der Waals surface area contributed by atoms with E-state index in [1.807, 2.05) is 12.1 Å². The first-order chi connectivity index (χ1) is 13.0. The quantitative estimate of drug-likeness (QED) is 0.647. The number of carbonyl (C=O) groups excluding carboxylic acids is 2. The first-order valence-electron chi connectivity index (χ1n) is 8.12. The highest BCUT2D eigenvalue weighted by Crippen LogP contribution is 2.29. The molecule has 7 heteroatoms. The number of nitriles is 1. The molecule has 6 nitrogen and oxygen atoms in total. The van der Waals surface area contributed by atoms with Gasteiger partial charge in [-0.3, -0.25) is 14.5 Å². The number of halogens is 1. The van der Waals surface area contributed by atoms with Crippen LogP contribution < -0.4 is 0 Å². The largest absolute Gasteiger partial charge is 0.457 e. The molecule has 0 radical (unpaired) electrons. The fourth-order valence-electron chi connectivity index (χ4n) is 2.80. The van der Waals surface area contributed by atoms with Crippen molar-refractivity contribution in [3.05, 3.63) is 63.9 Å². The third-order valence-corrected chi connectivity index (χ3v) is 4.41. The molecule has 1 aliphatic rings. The van der Waals surface area contributed by atoms with E-state index in [1.54, 1.807) is 30.3 Å². The second-order valence-corrected chi connectivity index (χ2v) is 6.30. The number of aliphatic hydroxyl groups excluding tert-OH is 1. The summed E-state index contributed by atoms with van der Waals surface area (Å²) in [6, 6.07) is 12.4. The summed E-state index contributed by atoms with van der Waals surface area (Å²) in [5, 5.41) is 19.0. The van der Waals surface area contributed by atoms with Crippen LogP contribution in [-0.2, 0) is 9.59 Å². The normalized spacial score (nSPS) is 16.2. The van der Waals surface area contributed by atoms with Crippen LogP contribution in [0.2, 0.25) is 5.02 Å². The Labute approximate surface area is 160 Å². The molecule has 27 heavy (non-hydrogen) atoms. The molecule has 0 bridgehead atoms. The molecule has 0 spiro atoms. The van der Waals surface area contributed by atoms with Crippen molar-refractivity contribution in [1.82, 2.24) is 4.90 Å². The first-order valence-corrected chi connectivity index (χ1v) is 8.50. The van der Waals surface area contributed by atoms with Crippen molar-refractivity contribution in [1.29, 1.82) is 5.26 Å². The summed E-state index contributed by atoms with van der Waals surface area (Å²) < 4.78 is 5.77. The molecule has 2 aromatic rings.